The number of benzene rings is 1. The van der Waals surface area contributed by atoms with Gasteiger partial charge in [-0.1, -0.05) is 32.3 Å². The number of fused-ring (bicyclic) bond motifs is 1. The molecule has 4 heteroatoms. The molecule has 1 aromatic carbocycles. The molecule has 1 aliphatic carbocycles. The highest BCUT2D eigenvalue weighted by atomic mass is 16.5. The van der Waals surface area contributed by atoms with Crippen molar-refractivity contribution in [2.75, 3.05) is 5.32 Å². The molecular weight excluding hydrogens is 276 g/mol. The van der Waals surface area contributed by atoms with Crippen LogP contribution >= 0.6 is 0 Å². The molecule has 0 saturated heterocycles. The van der Waals surface area contributed by atoms with Gasteiger partial charge in [0.2, 0.25) is 0 Å². The Hall–Kier alpha value is -1.81. The highest BCUT2D eigenvalue weighted by Gasteiger charge is 2.23. The number of ether oxygens (including phenoxy) is 1. The lowest BCUT2D eigenvalue weighted by molar-refractivity contribution is -0.132. The van der Waals surface area contributed by atoms with Gasteiger partial charge in [0.1, 0.15) is 6.10 Å². The van der Waals surface area contributed by atoms with Crippen LogP contribution in [0, 0.1) is 0 Å². The Balaban J connectivity index is 1.67. The molecule has 1 heterocycles. The van der Waals surface area contributed by atoms with Gasteiger partial charge in [-0.15, -0.1) is 0 Å². The molecule has 1 saturated carbocycles. The number of amides is 1. The number of anilines is 1. The van der Waals surface area contributed by atoms with E-state index in [2.05, 4.69) is 10.3 Å². The van der Waals surface area contributed by atoms with Crippen LogP contribution in [0.2, 0.25) is 0 Å². The number of carbonyl (C=O) groups is 1. The second kappa shape index (κ2) is 6.97. The maximum Gasteiger partial charge on any atom is 0.253 e. The van der Waals surface area contributed by atoms with E-state index in [4.69, 9.17) is 4.74 Å². The zero-order valence-electron chi connectivity index (χ0n) is 13.1. The lowest BCUT2D eigenvalue weighted by atomic mass is 9.97. The molecule has 1 fully saturated rings. The van der Waals surface area contributed by atoms with Crippen molar-refractivity contribution in [3.8, 4) is 0 Å². The Morgan fingerprint density at radius 2 is 2.14 bits per heavy atom. The summed E-state index contributed by atoms with van der Waals surface area (Å²) >= 11 is 0. The van der Waals surface area contributed by atoms with Crippen molar-refractivity contribution in [2.45, 2.75) is 57.7 Å². The van der Waals surface area contributed by atoms with Gasteiger partial charge in [-0.2, -0.15) is 0 Å². The fourth-order valence-corrected chi connectivity index (χ4v) is 3.18. The topological polar surface area (TPSA) is 54.1 Å². The smallest absolute Gasteiger partial charge is 0.253 e. The van der Waals surface area contributed by atoms with Gasteiger partial charge < -0.3 is 15.0 Å². The van der Waals surface area contributed by atoms with E-state index in [0.717, 1.165) is 29.4 Å². The van der Waals surface area contributed by atoms with Crippen molar-refractivity contribution < 1.29 is 9.53 Å². The van der Waals surface area contributed by atoms with Gasteiger partial charge in [-0.3, -0.25) is 4.79 Å². The number of hydrogen-bond acceptors (Lipinski definition) is 2. The third-order valence-electron chi connectivity index (χ3n) is 4.42. The minimum Gasteiger partial charge on any atom is -0.365 e. The summed E-state index contributed by atoms with van der Waals surface area (Å²) < 4.78 is 6.05. The Kier molecular flexibility index (Phi) is 4.78. The van der Waals surface area contributed by atoms with Crippen LogP contribution in [0.3, 0.4) is 0 Å². The Bertz CT molecular complexity index is 629. The van der Waals surface area contributed by atoms with Gasteiger partial charge in [-0.25, -0.2) is 0 Å². The van der Waals surface area contributed by atoms with Crippen molar-refractivity contribution in [3.05, 3.63) is 30.5 Å². The van der Waals surface area contributed by atoms with Crippen molar-refractivity contribution >= 4 is 22.5 Å². The van der Waals surface area contributed by atoms with Crippen molar-refractivity contribution in [1.29, 1.82) is 0 Å². The predicted molar refractivity (Wildman–Crippen MR) is 89.0 cm³/mol. The van der Waals surface area contributed by atoms with Crippen LogP contribution in [-0.2, 0) is 9.53 Å². The maximum absolute atomic E-state index is 12.5. The molecule has 0 radical (unpaired) electrons. The quantitative estimate of drug-likeness (QED) is 0.868. The zero-order chi connectivity index (χ0) is 15.4. The SMILES string of the molecule is CCC(OC1CCCCC1)C(=O)Nc1cccc2[nH]ccc12. The summed E-state index contributed by atoms with van der Waals surface area (Å²) in [5.74, 6) is -0.0400. The summed E-state index contributed by atoms with van der Waals surface area (Å²) in [5, 5.41) is 4.06. The Morgan fingerprint density at radius 1 is 1.32 bits per heavy atom. The van der Waals surface area contributed by atoms with Gasteiger partial charge in [0.15, 0.2) is 0 Å². The molecule has 0 bridgehead atoms. The fraction of sp³-hybridized carbons (Fsp3) is 0.500. The van der Waals surface area contributed by atoms with Gasteiger partial charge in [-0.05, 0) is 37.5 Å². The largest absolute Gasteiger partial charge is 0.365 e. The number of hydrogen-bond donors (Lipinski definition) is 2. The predicted octanol–water partition coefficient (Wildman–Crippen LogP) is 4.23. The van der Waals surface area contributed by atoms with Crippen LogP contribution in [0.5, 0.6) is 0 Å². The fourth-order valence-electron chi connectivity index (χ4n) is 3.18. The highest BCUT2D eigenvalue weighted by Crippen LogP contribution is 2.25. The van der Waals surface area contributed by atoms with E-state index < -0.39 is 0 Å². The van der Waals surface area contributed by atoms with Gasteiger partial charge in [0.05, 0.1) is 11.8 Å². The van der Waals surface area contributed by atoms with E-state index in [-0.39, 0.29) is 18.1 Å². The summed E-state index contributed by atoms with van der Waals surface area (Å²) in [6.45, 7) is 2.00. The normalized spacial score (nSPS) is 17.5. The van der Waals surface area contributed by atoms with E-state index in [1.54, 1.807) is 0 Å². The lowest BCUT2D eigenvalue weighted by Crippen LogP contribution is -2.34. The number of rotatable bonds is 5. The molecular formula is C18H24N2O2. The van der Waals surface area contributed by atoms with E-state index in [0.29, 0.717) is 6.42 Å². The molecule has 2 N–H and O–H groups in total. The molecule has 0 spiro atoms. The van der Waals surface area contributed by atoms with Crippen LogP contribution < -0.4 is 5.32 Å². The number of carbonyl (C=O) groups excluding carboxylic acids is 1. The summed E-state index contributed by atoms with van der Waals surface area (Å²) in [6.07, 6.45) is 8.34. The molecule has 1 aliphatic rings. The average Bonchev–Trinajstić information content (AvgIpc) is 3.03. The minimum atomic E-state index is -0.364. The molecule has 1 unspecified atom stereocenters. The first-order valence-corrected chi connectivity index (χ1v) is 8.30. The molecule has 1 atom stereocenters. The van der Waals surface area contributed by atoms with Gasteiger partial charge >= 0.3 is 0 Å². The average molecular weight is 300 g/mol. The molecule has 1 amide bonds. The molecule has 1 aromatic heterocycles. The minimum absolute atomic E-state index is 0.0400. The Labute approximate surface area is 131 Å². The third-order valence-corrected chi connectivity index (χ3v) is 4.42. The summed E-state index contributed by atoms with van der Waals surface area (Å²) in [5.41, 5.74) is 1.87. The van der Waals surface area contributed by atoms with Crippen molar-refractivity contribution in [3.63, 3.8) is 0 Å². The summed E-state index contributed by atoms with van der Waals surface area (Å²) in [7, 11) is 0. The number of H-pyrrole nitrogens is 1. The monoisotopic (exact) mass is 300 g/mol. The number of nitrogens with one attached hydrogen (secondary N) is 2. The van der Waals surface area contributed by atoms with E-state index in [1.807, 2.05) is 37.4 Å². The van der Waals surface area contributed by atoms with Crippen LogP contribution in [-0.4, -0.2) is 23.1 Å². The summed E-state index contributed by atoms with van der Waals surface area (Å²) in [6, 6.07) is 7.85. The summed E-state index contributed by atoms with van der Waals surface area (Å²) in [4.78, 5) is 15.7. The van der Waals surface area contributed by atoms with Crippen molar-refractivity contribution in [2.24, 2.45) is 0 Å². The van der Waals surface area contributed by atoms with Crippen LogP contribution in [0.25, 0.3) is 10.9 Å². The second-order valence-electron chi connectivity index (χ2n) is 6.03. The number of aromatic amines is 1. The Morgan fingerprint density at radius 3 is 2.91 bits per heavy atom. The molecule has 22 heavy (non-hydrogen) atoms. The third kappa shape index (κ3) is 3.33. The highest BCUT2D eigenvalue weighted by molar-refractivity contribution is 6.02. The lowest BCUT2D eigenvalue weighted by Gasteiger charge is -2.26. The van der Waals surface area contributed by atoms with E-state index in [9.17, 15) is 4.79 Å². The molecule has 3 rings (SSSR count). The molecule has 4 nitrogen and oxygen atoms in total. The van der Waals surface area contributed by atoms with Crippen LogP contribution in [0.4, 0.5) is 5.69 Å². The van der Waals surface area contributed by atoms with Gasteiger partial charge in [0.25, 0.3) is 5.91 Å². The molecule has 118 valence electrons. The first kappa shape index (κ1) is 15.1. The van der Waals surface area contributed by atoms with E-state index in [1.165, 1.54) is 19.3 Å². The molecule has 2 aromatic rings. The standard InChI is InChI=1S/C18H24N2O2/c1-2-17(22-13-7-4-3-5-8-13)18(21)20-16-10-6-9-15-14(16)11-12-19-15/h6,9-13,17,19H,2-5,7-8H2,1H3,(H,20,21). The second-order valence-corrected chi connectivity index (χ2v) is 6.03. The maximum atomic E-state index is 12.5. The van der Waals surface area contributed by atoms with Crippen LogP contribution in [0.15, 0.2) is 30.5 Å². The molecule has 0 aliphatic heterocycles. The van der Waals surface area contributed by atoms with Crippen molar-refractivity contribution in [1.82, 2.24) is 4.98 Å². The van der Waals surface area contributed by atoms with Gasteiger partial charge in [0, 0.05) is 17.1 Å². The van der Waals surface area contributed by atoms with Crippen LogP contribution in [0.1, 0.15) is 45.4 Å². The first-order chi connectivity index (χ1) is 10.8. The van der Waals surface area contributed by atoms with E-state index >= 15 is 0 Å². The first-order valence-electron chi connectivity index (χ1n) is 8.30. The number of aromatic nitrogens is 1. The zero-order valence-corrected chi connectivity index (χ0v) is 13.1.